The summed E-state index contributed by atoms with van der Waals surface area (Å²) in [4.78, 5) is 11.5. The van der Waals surface area contributed by atoms with Gasteiger partial charge in [-0.3, -0.25) is 4.79 Å². The molecule has 0 amide bonds. The number of fused-ring (bicyclic) bond motifs is 1. The van der Waals surface area contributed by atoms with E-state index in [1.165, 1.54) is 17.5 Å². The minimum absolute atomic E-state index is 0.0335. The van der Waals surface area contributed by atoms with Crippen molar-refractivity contribution in [3.8, 4) is 0 Å². The number of hydrogen-bond donors (Lipinski definition) is 0. The topological polar surface area (TPSA) is 26.3 Å². The Balaban J connectivity index is 2.01. The van der Waals surface area contributed by atoms with Gasteiger partial charge in [0.1, 0.15) is 0 Å². The van der Waals surface area contributed by atoms with E-state index >= 15 is 0 Å². The van der Waals surface area contributed by atoms with Crippen LogP contribution in [0.15, 0.2) is 24.3 Å². The molecule has 0 aliphatic heterocycles. The van der Waals surface area contributed by atoms with Gasteiger partial charge < -0.3 is 4.74 Å². The summed E-state index contributed by atoms with van der Waals surface area (Å²) in [5.74, 6) is 0.268. The Hall–Kier alpha value is -1.31. The van der Waals surface area contributed by atoms with E-state index in [0.29, 0.717) is 12.5 Å². The minimum atomic E-state index is -0.0898. The molecule has 0 aromatic heterocycles. The molecule has 1 aromatic carbocycles. The van der Waals surface area contributed by atoms with Gasteiger partial charge in [0.15, 0.2) is 0 Å². The highest BCUT2D eigenvalue weighted by Crippen LogP contribution is 2.31. The molecule has 0 saturated heterocycles. The summed E-state index contributed by atoms with van der Waals surface area (Å²) < 4.78 is 5.36. The van der Waals surface area contributed by atoms with Gasteiger partial charge in [-0.05, 0) is 30.4 Å². The molecule has 0 N–H and O–H groups in total. The molecule has 1 aromatic rings. The molecular weight excluding hydrogens is 212 g/mol. The largest absolute Gasteiger partial charge is 0.465 e. The third-order valence-electron chi connectivity index (χ3n) is 3.39. The summed E-state index contributed by atoms with van der Waals surface area (Å²) in [5, 5.41) is 0. The first kappa shape index (κ1) is 12.2. The zero-order valence-electron chi connectivity index (χ0n) is 10.6. The lowest BCUT2D eigenvalue weighted by atomic mass is 9.83. The van der Waals surface area contributed by atoms with Crippen molar-refractivity contribution >= 4 is 5.97 Å². The molecule has 2 rings (SSSR count). The number of aryl methyl sites for hydroxylation is 1. The number of benzene rings is 1. The standard InChI is InChI=1S/C15H20O2/c1-11(2)15(16)17-10-13-8-5-7-12-6-3-4-9-14(12)13/h3-4,6,9,11,13H,5,7-8,10H2,1-2H3. The van der Waals surface area contributed by atoms with E-state index in [-0.39, 0.29) is 11.9 Å². The Bertz CT molecular complexity index is 396. The fourth-order valence-electron chi connectivity index (χ4n) is 2.38. The lowest BCUT2D eigenvalue weighted by Gasteiger charge is -2.25. The van der Waals surface area contributed by atoms with Gasteiger partial charge in [-0.1, -0.05) is 38.1 Å². The molecule has 0 heterocycles. The molecule has 0 saturated carbocycles. The van der Waals surface area contributed by atoms with Crippen molar-refractivity contribution in [1.82, 2.24) is 0 Å². The van der Waals surface area contributed by atoms with Crippen molar-refractivity contribution in [2.24, 2.45) is 5.92 Å². The molecule has 2 nitrogen and oxygen atoms in total. The molecule has 1 atom stereocenters. The molecule has 0 radical (unpaired) electrons. The molecule has 2 heteroatoms. The van der Waals surface area contributed by atoms with E-state index in [0.717, 1.165) is 12.8 Å². The predicted molar refractivity (Wildman–Crippen MR) is 67.9 cm³/mol. The van der Waals surface area contributed by atoms with Gasteiger partial charge in [0.2, 0.25) is 0 Å². The Morgan fingerprint density at radius 3 is 2.94 bits per heavy atom. The lowest BCUT2D eigenvalue weighted by molar-refractivity contribution is -0.148. The average molecular weight is 232 g/mol. The fourth-order valence-corrected chi connectivity index (χ4v) is 2.38. The van der Waals surface area contributed by atoms with Crippen LogP contribution >= 0.6 is 0 Å². The summed E-state index contributed by atoms with van der Waals surface area (Å²) in [6.45, 7) is 4.28. The van der Waals surface area contributed by atoms with Crippen LogP contribution in [0.25, 0.3) is 0 Å². The highest BCUT2D eigenvalue weighted by atomic mass is 16.5. The van der Waals surface area contributed by atoms with Gasteiger partial charge in [0.05, 0.1) is 12.5 Å². The second kappa shape index (κ2) is 5.35. The van der Waals surface area contributed by atoms with Crippen molar-refractivity contribution < 1.29 is 9.53 Å². The van der Waals surface area contributed by atoms with Gasteiger partial charge >= 0.3 is 5.97 Å². The van der Waals surface area contributed by atoms with E-state index in [9.17, 15) is 4.79 Å². The van der Waals surface area contributed by atoms with Crippen LogP contribution in [0.4, 0.5) is 0 Å². The summed E-state index contributed by atoms with van der Waals surface area (Å²) in [6.07, 6.45) is 3.48. The van der Waals surface area contributed by atoms with E-state index < -0.39 is 0 Å². The Labute approximate surface area is 103 Å². The van der Waals surface area contributed by atoms with Gasteiger partial charge in [0.25, 0.3) is 0 Å². The average Bonchev–Trinajstić information content (AvgIpc) is 2.35. The predicted octanol–water partition coefficient (Wildman–Crippen LogP) is 3.31. The molecule has 0 fully saturated rings. The molecule has 17 heavy (non-hydrogen) atoms. The third-order valence-corrected chi connectivity index (χ3v) is 3.39. The zero-order chi connectivity index (χ0) is 12.3. The van der Waals surface area contributed by atoms with E-state index in [1.807, 2.05) is 13.8 Å². The number of rotatable bonds is 3. The maximum absolute atomic E-state index is 11.5. The Morgan fingerprint density at radius 1 is 1.41 bits per heavy atom. The summed E-state index contributed by atoms with van der Waals surface area (Å²) in [5.41, 5.74) is 2.79. The van der Waals surface area contributed by atoms with E-state index in [1.54, 1.807) is 0 Å². The molecule has 1 unspecified atom stereocenters. The number of carbonyl (C=O) groups is 1. The lowest BCUT2D eigenvalue weighted by Crippen LogP contribution is -2.19. The summed E-state index contributed by atoms with van der Waals surface area (Å²) in [6, 6.07) is 8.51. The summed E-state index contributed by atoms with van der Waals surface area (Å²) >= 11 is 0. The number of ether oxygens (including phenoxy) is 1. The van der Waals surface area contributed by atoms with Crippen molar-refractivity contribution in [3.63, 3.8) is 0 Å². The Morgan fingerprint density at radius 2 is 2.18 bits per heavy atom. The van der Waals surface area contributed by atoms with Crippen molar-refractivity contribution in [1.29, 1.82) is 0 Å². The van der Waals surface area contributed by atoms with Crippen LogP contribution in [-0.2, 0) is 16.0 Å². The molecular formula is C15H20O2. The maximum atomic E-state index is 11.5. The first-order valence-corrected chi connectivity index (χ1v) is 6.43. The second-order valence-corrected chi connectivity index (χ2v) is 5.07. The molecule has 0 bridgehead atoms. The Kier molecular flexibility index (Phi) is 3.82. The summed E-state index contributed by atoms with van der Waals surface area (Å²) in [7, 11) is 0. The molecule has 0 spiro atoms. The number of esters is 1. The van der Waals surface area contributed by atoms with Crippen LogP contribution < -0.4 is 0 Å². The van der Waals surface area contributed by atoms with Gasteiger partial charge in [-0.15, -0.1) is 0 Å². The van der Waals surface area contributed by atoms with Gasteiger partial charge in [-0.25, -0.2) is 0 Å². The smallest absolute Gasteiger partial charge is 0.308 e. The normalized spacial score (nSPS) is 18.9. The van der Waals surface area contributed by atoms with Crippen LogP contribution in [0.2, 0.25) is 0 Å². The molecule has 92 valence electrons. The monoisotopic (exact) mass is 232 g/mol. The maximum Gasteiger partial charge on any atom is 0.308 e. The zero-order valence-corrected chi connectivity index (χ0v) is 10.6. The SMILES string of the molecule is CC(C)C(=O)OCC1CCCc2ccccc21. The van der Waals surface area contributed by atoms with E-state index in [4.69, 9.17) is 4.74 Å². The molecule has 1 aliphatic carbocycles. The van der Waals surface area contributed by atoms with Crippen LogP contribution in [-0.4, -0.2) is 12.6 Å². The van der Waals surface area contributed by atoms with Gasteiger partial charge in [0, 0.05) is 5.92 Å². The minimum Gasteiger partial charge on any atom is -0.465 e. The third kappa shape index (κ3) is 2.87. The fraction of sp³-hybridized carbons (Fsp3) is 0.533. The first-order valence-electron chi connectivity index (χ1n) is 6.43. The number of hydrogen-bond acceptors (Lipinski definition) is 2. The number of carbonyl (C=O) groups excluding carboxylic acids is 1. The van der Waals surface area contributed by atoms with E-state index in [2.05, 4.69) is 24.3 Å². The van der Waals surface area contributed by atoms with Crippen LogP contribution in [0.1, 0.15) is 43.7 Å². The van der Waals surface area contributed by atoms with Crippen LogP contribution in [0.5, 0.6) is 0 Å². The van der Waals surface area contributed by atoms with Crippen LogP contribution in [0.3, 0.4) is 0 Å². The first-order chi connectivity index (χ1) is 8.18. The quantitative estimate of drug-likeness (QED) is 0.747. The highest BCUT2D eigenvalue weighted by Gasteiger charge is 2.21. The van der Waals surface area contributed by atoms with Crippen molar-refractivity contribution in [2.45, 2.75) is 39.0 Å². The van der Waals surface area contributed by atoms with Crippen molar-refractivity contribution in [2.75, 3.05) is 6.61 Å². The highest BCUT2D eigenvalue weighted by molar-refractivity contribution is 5.71. The van der Waals surface area contributed by atoms with Crippen LogP contribution in [0, 0.1) is 5.92 Å². The molecule has 1 aliphatic rings. The van der Waals surface area contributed by atoms with Crippen molar-refractivity contribution in [3.05, 3.63) is 35.4 Å². The van der Waals surface area contributed by atoms with Gasteiger partial charge in [-0.2, -0.15) is 0 Å². The second-order valence-electron chi connectivity index (χ2n) is 5.07.